The second-order valence-corrected chi connectivity index (χ2v) is 9.61. The van der Waals surface area contributed by atoms with Crippen molar-refractivity contribution in [1.82, 2.24) is 19.7 Å². The molecule has 0 spiro atoms. The van der Waals surface area contributed by atoms with E-state index in [-0.39, 0.29) is 11.6 Å². The number of ketones is 2. The number of carbonyl (C=O) groups excluding carboxylic acids is 3. The van der Waals surface area contributed by atoms with Gasteiger partial charge >= 0.3 is 0 Å². The van der Waals surface area contributed by atoms with Crippen molar-refractivity contribution in [1.29, 1.82) is 0 Å². The van der Waals surface area contributed by atoms with Gasteiger partial charge in [0.05, 0.1) is 18.1 Å². The molecule has 1 aliphatic heterocycles. The van der Waals surface area contributed by atoms with E-state index in [9.17, 15) is 14.4 Å². The summed E-state index contributed by atoms with van der Waals surface area (Å²) in [7, 11) is 0. The minimum Gasteiger partial charge on any atom is -0.333 e. The van der Waals surface area contributed by atoms with E-state index in [0.717, 1.165) is 11.1 Å². The van der Waals surface area contributed by atoms with Gasteiger partial charge in [-0.1, -0.05) is 62.4 Å². The van der Waals surface area contributed by atoms with E-state index < -0.39 is 23.7 Å². The number of hydrogen-bond donors (Lipinski definition) is 0. The van der Waals surface area contributed by atoms with Gasteiger partial charge in [-0.3, -0.25) is 19.3 Å². The summed E-state index contributed by atoms with van der Waals surface area (Å²) < 4.78 is 1.94. The minimum atomic E-state index is -1.19. The lowest BCUT2D eigenvalue weighted by Gasteiger charge is -2.26. The van der Waals surface area contributed by atoms with Gasteiger partial charge in [-0.25, -0.2) is 4.98 Å². The van der Waals surface area contributed by atoms with Crippen molar-refractivity contribution in [2.75, 3.05) is 4.90 Å². The second-order valence-electron chi connectivity index (χ2n) is 9.61. The number of Topliss-reactive ketones (excluding diaryl/α,β-unsaturated/α-hetero) is 2. The number of hydrogen-bond acceptors (Lipinski definition) is 6. The Morgan fingerprint density at radius 2 is 1.68 bits per heavy atom. The van der Waals surface area contributed by atoms with Crippen molar-refractivity contribution in [3.8, 4) is 0 Å². The van der Waals surface area contributed by atoms with Crippen LogP contribution in [0.1, 0.15) is 58.5 Å². The largest absolute Gasteiger partial charge is 0.333 e. The molecule has 37 heavy (non-hydrogen) atoms. The number of imidazole rings is 1. The molecule has 1 amide bonds. The molecule has 2 unspecified atom stereocenters. The topological polar surface area (TPSA) is 98.1 Å². The molecule has 0 radical (unpaired) electrons. The summed E-state index contributed by atoms with van der Waals surface area (Å²) >= 11 is 0. The molecule has 186 valence electrons. The normalized spacial score (nSPS) is 17.6. The van der Waals surface area contributed by atoms with E-state index >= 15 is 0 Å². The zero-order chi connectivity index (χ0) is 26.1. The number of amides is 1. The highest BCUT2D eigenvalue weighted by atomic mass is 16.2. The molecule has 8 nitrogen and oxygen atoms in total. The van der Waals surface area contributed by atoms with E-state index in [1.807, 2.05) is 47.2 Å². The van der Waals surface area contributed by atoms with Crippen molar-refractivity contribution >= 4 is 23.3 Å². The summed E-state index contributed by atoms with van der Waals surface area (Å²) in [5.74, 6) is -2.54. The van der Waals surface area contributed by atoms with Crippen molar-refractivity contribution in [3.63, 3.8) is 0 Å². The molecule has 1 aliphatic rings. The van der Waals surface area contributed by atoms with Crippen LogP contribution in [0.3, 0.4) is 0 Å². The smallest absolute Gasteiger partial charge is 0.297 e. The van der Waals surface area contributed by atoms with Crippen LogP contribution in [-0.2, 0) is 16.1 Å². The van der Waals surface area contributed by atoms with E-state index in [1.165, 1.54) is 4.90 Å². The predicted molar refractivity (Wildman–Crippen MR) is 138 cm³/mol. The summed E-state index contributed by atoms with van der Waals surface area (Å²) in [6, 6.07) is 17.4. The van der Waals surface area contributed by atoms with Crippen LogP contribution >= 0.6 is 0 Å². The number of anilines is 1. The Hall–Kier alpha value is -4.46. The third-order valence-corrected chi connectivity index (χ3v) is 6.73. The summed E-state index contributed by atoms with van der Waals surface area (Å²) in [4.78, 5) is 45.7. The third-order valence-electron chi connectivity index (χ3n) is 6.73. The fourth-order valence-electron chi connectivity index (χ4n) is 4.66. The van der Waals surface area contributed by atoms with E-state index in [1.54, 1.807) is 43.7 Å². The molecule has 2 atom stereocenters. The Kier molecular flexibility index (Phi) is 6.48. The van der Waals surface area contributed by atoms with Gasteiger partial charge in [-0.2, -0.15) is 5.10 Å². The summed E-state index contributed by atoms with van der Waals surface area (Å²) in [5.41, 5.74) is 3.86. The highest BCUT2D eigenvalue weighted by Gasteiger charge is 2.52. The fraction of sp³-hybridized carbons (Fsp3) is 0.241. The molecule has 0 saturated carbocycles. The number of rotatable bonds is 7. The van der Waals surface area contributed by atoms with E-state index in [2.05, 4.69) is 29.0 Å². The lowest BCUT2D eigenvalue weighted by atomic mass is 9.85. The zero-order valence-corrected chi connectivity index (χ0v) is 20.9. The van der Waals surface area contributed by atoms with Crippen LogP contribution in [0.4, 0.5) is 5.82 Å². The Bertz CT molecular complexity index is 1430. The van der Waals surface area contributed by atoms with Gasteiger partial charge in [-0.15, -0.1) is 5.10 Å². The maximum atomic E-state index is 13.7. The number of aromatic nitrogens is 4. The van der Waals surface area contributed by atoms with Crippen molar-refractivity contribution < 1.29 is 14.4 Å². The van der Waals surface area contributed by atoms with E-state index in [4.69, 9.17) is 0 Å². The Morgan fingerprint density at radius 1 is 0.946 bits per heavy atom. The molecule has 5 rings (SSSR count). The number of carbonyl (C=O) groups is 3. The number of benzene rings is 2. The van der Waals surface area contributed by atoms with Gasteiger partial charge < -0.3 is 4.57 Å². The average molecular weight is 494 g/mol. The van der Waals surface area contributed by atoms with Gasteiger partial charge in [0.1, 0.15) is 5.92 Å². The van der Waals surface area contributed by atoms with Crippen molar-refractivity contribution in [3.05, 3.63) is 107 Å². The van der Waals surface area contributed by atoms with Crippen LogP contribution in [0.25, 0.3) is 0 Å². The average Bonchev–Trinajstić information content (AvgIpc) is 3.51. The van der Waals surface area contributed by atoms with Crippen LogP contribution in [0, 0.1) is 12.8 Å². The molecule has 0 N–H and O–H groups in total. The van der Waals surface area contributed by atoms with Crippen LogP contribution in [0.5, 0.6) is 0 Å². The lowest BCUT2D eigenvalue weighted by molar-refractivity contribution is -0.135. The van der Waals surface area contributed by atoms with Gasteiger partial charge in [0.15, 0.2) is 11.6 Å². The monoisotopic (exact) mass is 493 g/mol. The fourth-order valence-corrected chi connectivity index (χ4v) is 4.66. The summed E-state index contributed by atoms with van der Waals surface area (Å²) in [6.07, 6.45) is 5.33. The molecular weight excluding hydrogens is 466 g/mol. The molecule has 3 heterocycles. The Morgan fingerprint density at radius 3 is 2.27 bits per heavy atom. The Balaban J connectivity index is 1.55. The first kappa shape index (κ1) is 24.2. The molecule has 4 aromatic rings. The number of aryl methyl sites for hydroxylation is 1. The summed E-state index contributed by atoms with van der Waals surface area (Å²) in [5, 5.41) is 8.24. The SMILES string of the molecule is Cc1ccc(N2C(=O)C(=O)C(C(=O)c3ccc(C(C)C)cc3)C2c2ccc(Cn3ccnc3)cc2)nn1. The van der Waals surface area contributed by atoms with Gasteiger partial charge in [0.2, 0.25) is 5.78 Å². The maximum absolute atomic E-state index is 13.7. The molecular formula is C29H27N5O3. The summed E-state index contributed by atoms with van der Waals surface area (Å²) in [6.45, 7) is 6.56. The van der Waals surface area contributed by atoms with Crippen LogP contribution in [0.2, 0.25) is 0 Å². The maximum Gasteiger partial charge on any atom is 0.297 e. The van der Waals surface area contributed by atoms with Crippen molar-refractivity contribution in [2.45, 2.75) is 39.3 Å². The molecule has 8 heteroatoms. The van der Waals surface area contributed by atoms with Crippen LogP contribution in [-0.4, -0.2) is 37.2 Å². The van der Waals surface area contributed by atoms with Gasteiger partial charge in [-0.05, 0) is 41.7 Å². The molecule has 1 fully saturated rings. The lowest BCUT2D eigenvalue weighted by Crippen LogP contribution is -2.31. The molecule has 1 saturated heterocycles. The van der Waals surface area contributed by atoms with Crippen molar-refractivity contribution in [2.24, 2.45) is 5.92 Å². The highest BCUT2D eigenvalue weighted by Crippen LogP contribution is 2.40. The van der Waals surface area contributed by atoms with E-state index in [0.29, 0.717) is 29.3 Å². The predicted octanol–water partition coefficient (Wildman–Crippen LogP) is 4.31. The highest BCUT2D eigenvalue weighted by molar-refractivity contribution is 6.48. The third kappa shape index (κ3) is 4.70. The quantitative estimate of drug-likeness (QED) is 0.216. The Labute approximate surface area is 215 Å². The molecule has 2 aromatic heterocycles. The molecule has 0 bridgehead atoms. The first-order valence-corrected chi connectivity index (χ1v) is 12.2. The van der Waals surface area contributed by atoms with Crippen LogP contribution in [0.15, 0.2) is 79.4 Å². The van der Waals surface area contributed by atoms with Gasteiger partial charge in [0.25, 0.3) is 5.91 Å². The first-order chi connectivity index (χ1) is 17.8. The standard InChI is InChI=1S/C29H27N5O3/c1-18(2)21-9-11-23(12-10-21)27(35)25-26(22-7-5-20(6-8-22)16-33-15-14-30-17-33)34(29(37)28(25)36)24-13-4-19(3)31-32-24/h4-15,17-18,25-26H,16H2,1-3H3. The zero-order valence-electron chi connectivity index (χ0n) is 20.9. The molecule has 0 aliphatic carbocycles. The second kappa shape index (κ2) is 9.89. The van der Waals surface area contributed by atoms with Gasteiger partial charge in [0, 0.05) is 24.5 Å². The minimum absolute atomic E-state index is 0.238. The van der Waals surface area contributed by atoms with Crippen LogP contribution < -0.4 is 4.90 Å². The first-order valence-electron chi connectivity index (χ1n) is 12.2. The molecule has 2 aromatic carbocycles. The number of nitrogens with zero attached hydrogens (tertiary/aromatic N) is 5.